The van der Waals surface area contributed by atoms with Crippen LogP contribution in [0.4, 0.5) is 0 Å². The quantitative estimate of drug-likeness (QED) is 0.700. The van der Waals surface area contributed by atoms with Crippen molar-refractivity contribution in [3.8, 4) is 0 Å². The predicted octanol–water partition coefficient (Wildman–Crippen LogP) is 2.97. The molecule has 0 radical (unpaired) electrons. The Labute approximate surface area is 88.5 Å². The lowest BCUT2D eigenvalue weighted by Gasteiger charge is -2.21. The summed E-state index contributed by atoms with van der Waals surface area (Å²) in [6, 6.07) is 0.307. The Kier molecular flexibility index (Phi) is 6.60. The molecule has 0 saturated carbocycles. The second-order valence-corrected chi connectivity index (χ2v) is 4.72. The van der Waals surface area contributed by atoms with Crippen LogP contribution in [-0.2, 0) is 4.79 Å². The van der Waals surface area contributed by atoms with Crippen molar-refractivity contribution in [2.45, 2.75) is 59.9 Å². The molecule has 84 valence electrons. The molecule has 2 atom stereocenters. The monoisotopic (exact) mass is 199 g/mol. The van der Waals surface area contributed by atoms with E-state index in [0.717, 1.165) is 0 Å². The number of rotatable bonds is 6. The lowest BCUT2D eigenvalue weighted by atomic mass is 9.98. The standard InChI is InChI=1S/C12H25NO/c1-6-7-10(4)11(5)13-12(14)8-9(2)3/h9-11H,6-8H2,1-5H3,(H,13,14)/t10?,11-/m0/s1. The van der Waals surface area contributed by atoms with Gasteiger partial charge >= 0.3 is 0 Å². The van der Waals surface area contributed by atoms with Crippen LogP contribution in [0.3, 0.4) is 0 Å². The van der Waals surface area contributed by atoms with Gasteiger partial charge in [-0.05, 0) is 25.2 Å². The second kappa shape index (κ2) is 6.86. The largest absolute Gasteiger partial charge is 0.353 e. The van der Waals surface area contributed by atoms with E-state index in [0.29, 0.717) is 24.3 Å². The van der Waals surface area contributed by atoms with Gasteiger partial charge in [0.25, 0.3) is 0 Å². The van der Waals surface area contributed by atoms with Crippen LogP contribution in [0.2, 0.25) is 0 Å². The molecule has 0 aromatic heterocycles. The summed E-state index contributed by atoms with van der Waals surface area (Å²) in [7, 11) is 0. The summed E-state index contributed by atoms with van der Waals surface area (Å²) in [6.45, 7) is 10.6. The molecule has 0 aliphatic rings. The lowest BCUT2D eigenvalue weighted by Crippen LogP contribution is -2.37. The van der Waals surface area contributed by atoms with Crippen LogP contribution < -0.4 is 5.32 Å². The minimum atomic E-state index is 0.190. The average Bonchev–Trinajstić information content (AvgIpc) is 2.02. The van der Waals surface area contributed by atoms with E-state index in [-0.39, 0.29) is 5.91 Å². The van der Waals surface area contributed by atoms with E-state index >= 15 is 0 Å². The van der Waals surface area contributed by atoms with E-state index in [1.54, 1.807) is 0 Å². The van der Waals surface area contributed by atoms with Crippen molar-refractivity contribution >= 4 is 5.91 Å². The molecule has 14 heavy (non-hydrogen) atoms. The van der Waals surface area contributed by atoms with Crippen molar-refractivity contribution in [3.63, 3.8) is 0 Å². The molecule has 2 heteroatoms. The fraction of sp³-hybridized carbons (Fsp3) is 0.917. The number of carbonyl (C=O) groups excluding carboxylic acids is 1. The van der Waals surface area contributed by atoms with E-state index in [4.69, 9.17) is 0 Å². The minimum absolute atomic E-state index is 0.190. The first-order valence-corrected chi connectivity index (χ1v) is 5.76. The summed E-state index contributed by atoms with van der Waals surface area (Å²) in [6.07, 6.45) is 3.01. The maximum Gasteiger partial charge on any atom is 0.220 e. The highest BCUT2D eigenvalue weighted by Gasteiger charge is 2.14. The summed E-state index contributed by atoms with van der Waals surface area (Å²) < 4.78 is 0. The molecule has 1 amide bonds. The predicted molar refractivity (Wildman–Crippen MR) is 61.1 cm³/mol. The molecule has 0 aliphatic carbocycles. The Bertz CT molecular complexity index is 166. The topological polar surface area (TPSA) is 29.1 Å². The molecule has 2 nitrogen and oxygen atoms in total. The number of amides is 1. The zero-order valence-electron chi connectivity index (χ0n) is 10.3. The molecule has 0 aliphatic heterocycles. The average molecular weight is 199 g/mol. The molecule has 1 N–H and O–H groups in total. The Balaban J connectivity index is 3.80. The van der Waals surface area contributed by atoms with Crippen LogP contribution in [0.15, 0.2) is 0 Å². The van der Waals surface area contributed by atoms with Crippen molar-refractivity contribution in [1.29, 1.82) is 0 Å². The van der Waals surface area contributed by atoms with E-state index in [1.807, 2.05) is 0 Å². The smallest absolute Gasteiger partial charge is 0.220 e. The molecule has 0 spiro atoms. The third kappa shape index (κ3) is 6.01. The van der Waals surface area contributed by atoms with Gasteiger partial charge in [0, 0.05) is 12.5 Å². The van der Waals surface area contributed by atoms with E-state index in [9.17, 15) is 4.79 Å². The molecule has 1 unspecified atom stereocenters. The maximum atomic E-state index is 11.5. The Morgan fingerprint density at radius 2 is 1.79 bits per heavy atom. The van der Waals surface area contributed by atoms with E-state index in [1.165, 1.54) is 12.8 Å². The summed E-state index contributed by atoms with van der Waals surface area (Å²) in [5.41, 5.74) is 0. The van der Waals surface area contributed by atoms with Crippen molar-refractivity contribution in [1.82, 2.24) is 5.32 Å². The SMILES string of the molecule is CCCC(C)[C@H](C)NC(=O)CC(C)C. The third-order valence-electron chi connectivity index (χ3n) is 2.58. The van der Waals surface area contributed by atoms with Gasteiger partial charge in [0.15, 0.2) is 0 Å². The number of nitrogens with one attached hydrogen (secondary N) is 1. The molecule has 0 aromatic rings. The normalized spacial score (nSPS) is 15.3. The molecule has 0 aromatic carbocycles. The molecular formula is C12H25NO. The van der Waals surface area contributed by atoms with Gasteiger partial charge in [-0.2, -0.15) is 0 Å². The van der Waals surface area contributed by atoms with Crippen molar-refractivity contribution in [2.24, 2.45) is 11.8 Å². The summed E-state index contributed by atoms with van der Waals surface area (Å²) in [4.78, 5) is 11.5. The fourth-order valence-electron chi connectivity index (χ4n) is 1.53. The number of hydrogen-bond donors (Lipinski definition) is 1. The molecule has 0 saturated heterocycles. The first-order chi connectivity index (χ1) is 6.47. The van der Waals surface area contributed by atoms with Crippen LogP contribution in [0, 0.1) is 11.8 Å². The van der Waals surface area contributed by atoms with Gasteiger partial charge in [0.05, 0.1) is 0 Å². The zero-order valence-corrected chi connectivity index (χ0v) is 10.3. The van der Waals surface area contributed by atoms with Gasteiger partial charge in [-0.3, -0.25) is 4.79 Å². The van der Waals surface area contributed by atoms with E-state index in [2.05, 4.69) is 39.9 Å². The Hall–Kier alpha value is -0.530. The van der Waals surface area contributed by atoms with Gasteiger partial charge < -0.3 is 5.32 Å². The van der Waals surface area contributed by atoms with Crippen LogP contribution in [0.1, 0.15) is 53.9 Å². The highest BCUT2D eigenvalue weighted by Crippen LogP contribution is 2.10. The Morgan fingerprint density at radius 3 is 2.21 bits per heavy atom. The molecular weight excluding hydrogens is 174 g/mol. The van der Waals surface area contributed by atoms with Gasteiger partial charge in [-0.25, -0.2) is 0 Å². The van der Waals surface area contributed by atoms with Gasteiger partial charge in [0.2, 0.25) is 5.91 Å². The first kappa shape index (κ1) is 13.5. The lowest BCUT2D eigenvalue weighted by molar-refractivity contribution is -0.122. The summed E-state index contributed by atoms with van der Waals surface area (Å²) in [5, 5.41) is 3.06. The summed E-state index contributed by atoms with van der Waals surface area (Å²) in [5.74, 6) is 1.22. The highest BCUT2D eigenvalue weighted by molar-refractivity contribution is 5.76. The van der Waals surface area contributed by atoms with Gasteiger partial charge in [-0.15, -0.1) is 0 Å². The van der Waals surface area contributed by atoms with Crippen LogP contribution in [-0.4, -0.2) is 11.9 Å². The third-order valence-corrected chi connectivity index (χ3v) is 2.58. The Morgan fingerprint density at radius 1 is 1.21 bits per heavy atom. The van der Waals surface area contributed by atoms with Crippen LogP contribution in [0.5, 0.6) is 0 Å². The maximum absolute atomic E-state index is 11.5. The van der Waals surface area contributed by atoms with Crippen molar-refractivity contribution < 1.29 is 4.79 Å². The van der Waals surface area contributed by atoms with Gasteiger partial charge in [-0.1, -0.05) is 34.1 Å². The molecule has 0 bridgehead atoms. The van der Waals surface area contributed by atoms with Crippen LogP contribution in [0.25, 0.3) is 0 Å². The van der Waals surface area contributed by atoms with E-state index < -0.39 is 0 Å². The fourth-order valence-corrected chi connectivity index (χ4v) is 1.53. The van der Waals surface area contributed by atoms with Gasteiger partial charge in [0.1, 0.15) is 0 Å². The minimum Gasteiger partial charge on any atom is -0.353 e. The molecule has 0 fully saturated rings. The molecule has 0 heterocycles. The highest BCUT2D eigenvalue weighted by atomic mass is 16.1. The number of hydrogen-bond acceptors (Lipinski definition) is 1. The van der Waals surface area contributed by atoms with Crippen molar-refractivity contribution in [3.05, 3.63) is 0 Å². The zero-order chi connectivity index (χ0) is 11.1. The second-order valence-electron chi connectivity index (χ2n) is 4.72. The van der Waals surface area contributed by atoms with Crippen molar-refractivity contribution in [2.75, 3.05) is 0 Å². The van der Waals surface area contributed by atoms with Crippen LogP contribution >= 0.6 is 0 Å². The molecule has 0 rings (SSSR count). The first-order valence-electron chi connectivity index (χ1n) is 5.76. The number of carbonyl (C=O) groups is 1. The summed E-state index contributed by atoms with van der Waals surface area (Å²) >= 11 is 0.